The van der Waals surface area contributed by atoms with Crippen LogP contribution >= 0.6 is 0 Å². The van der Waals surface area contributed by atoms with E-state index in [9.17, 15) is 19.8 Å². The van der Waals surface area contributed by atoms with Gasteiger partial charge in [-0.3, -0.25) is 9.69 Å². The molecule has 4 rings (SSSR count). The van der Waals surface area contributed by atoms with Gasteiger partial charge in [0.1, 0.15) is 5.82 Å². The third-order valence-electron chi connectivity index (χ3n) is 7.36. The molecule has 1 saturated carbocycles. The van der Waals surface area contributed by atoms with Gasteiger partial charge >= 0.3 is 6.09 Å². The number of anilines is 2. The molecule has 1 aliphatic carbocycles. The fourth-order valence-corrected chi connectivity index (χ4v) is 5.65. The summed E-state index contributed by atoms with van der Waals surface area (Å²) >= 11 is 0. The van der Waals surface area contributed by atoms with Crippen LogP contribution in [0.15, 0.2) is 12.3 Å². The van der Waals surface area contributed by atoms with Gasteiger partial charge < -0.3 is 20.0 Å². The van der Waals surface area contributed by atoms with Crippen molar-refractivity contribution in [2.75, 3.05) is 36.0 Å². The molecule has 2 N–H and O–H groups in total. The van der Waals surface area contributed by atoms with Crippen molar-refractivity contribution in [1.82, 2.24) is 9.88 Å². The number of likely N-dealkylation sites (tertiary alicyclic amines) is 1. The first kappa shape index (κ1) is 22.4. The molecule has 1 aromatic heterocycles. The third kappa shape index (κ3) is 4.14. The van der Waals surface area contributed by atoms with E-state index in [1.807, 2.05) is 6.92 Å². The highest BCUT2D eigenvalue weighted by Crippen LogP contribution is 2.43. The van der Waals surface area contributed by atoms with Gasteiger partial charge in [-0.15, -0.1) is 6.42 Å². The number of carbonyl (C=O) groups is 2. The van der Waals surface area contributed by atoms with Gasteiger partial charge in [0.25, 0.3) is 0 Å². The molecule has 0 bridgehead atoms. The van der Waals surface area contributed by atoms with E-state index in [2.05, 4.69) is 20.7 Å². The van der Waals surface area contributed by atoms with E-state index in [-0.39, 0.29) is 30.0 Å². The van der Waals surface area contributed by atoms with Crippen molar-refractivity contribution in [2.45, 2.75) is 64.0 Å². The Hall–Kier alpha value is -2.79. The van der Waals surface area contributed by atoms with Crippen molar-refractivity contribution in [3.05, 3.63) is 17.8 Å². The van der Waals surface area contributed by atoms with Crippen LogP contribution in [0.25, 0.3) is 0 Å². The summed E-state index contributed by atoms with van der Waals surface area (Å²) in [4.78, 5) is 35.0. The number of aromatic nitrogens is 1. The summed E-state index contributed by atoms with van der Waals surface area (Å²) in [6.45, 7) is 4.13. The highest BCUT2D eigenvalue weighted by atomic mass is 16.4. The minimum absolute atomic E-state index is 0.0366. The number of hydrogen-bond acceptors (Lipinski definition) is 5. The second kappa shape index (κ2) is 8.99. The maximum atomic E-state index is 13.5. The van der Waals surface area contributed by atoms with Crippen molar-refractivity contribution in [1.29, 1.82) is 0 Å². The van der Waals surface area contributed by atoms with E-state index in [0.717, 1.165) is 74.3 Å². The van der Waals surface area contributed by atoms with Crippen LogP contribution in [-0.4, -0.2) is 70.4 Å². The zero-order valence-electron chi connectivity index (χ0n) is 18.7. The molecule has 0 radical (unpaired) electrons. The van der Waals surface area contributed by atoms with Crippen LogP contribution in [0.1, 0.15) is 50.5 Å². The predicted molar refractivity (Wildman–Crippen MR) is 122 cm³/mol. The Morgan fingerprint density at radius 1 is 1.31 bits per heavy atom. The number of aliphatic hydroxyl groups excluding tert-OH is 1. The summed E-state index contributed by atoms with van der Waals surface area (Å²) in [6, 6.07) is 2.04. The Balaban J connectivity index is 1.50. The Bertz CT molecular complexity index is 921. The van der Waals surface area contributed by atoms with E-state index in [1.165, 1.54) is 0 Å². The van der Waals surface area contributed by atoms with Crippen molar-refractivity contribution in [3.8, 4) is 12.3 Å². The summed E-state index contributed by atoms with van der Waals surface area (Å²) in [5, 5.41) is 19.2. The molecule has 32 heavy (non-hydrogen) atoms. The molecule has 2 saturated heterocycles. The van der Waals surface area contributed by atoms with Crippen molar-refractivity contribution < 1.29 is 19.8 Å². The normalized spacial score (nSPS) is 28.1. The van der Waals surface area contributed by atoms with E-state index < -0.39 is 6.09 Å². The van der Waals surface area contributed by atoms with Gasteiger partial charge in [-0.05, 0) is 63.5 Å². The molecule has 1 atom stereocenters. The SMILES string of the molecule is C#CCN(C(=O)O)c1cnc(N2CCC[C@]3(CCN(C4CCC(O)CC4)C3=O)C2)c(C)c1. The van der Waals surface area contributed by atoms with E-state index in [0.29, 0.717) is 12.2 Å². The topological polar surface area (TPSA) is 97.2 Å². The second-order valence-corrected chi connectivity index (χ2v) is 9.42. The number of carboxylic acid groups (broad SMARTS) is 1. The lowest BCUT2D eigenvalue weighted by atomic mass is 9.78. The van der Waals surface area contributed by atoms with Gasteiger partial charge in [0, 0.05) is 25.7 Å². The lowest BCUT2D eigenvalue weighted by Crippen LogP contribution is -2.50. The molecular weight excluding hydrogens is 408 g/mol. The zero-order valence-corrected chi connectivity index (χ0v) is 18.7. The fraction of sp³-hybridized carbons (Fsp3) is 0.625. The highest BCUT2D eigenvalue weighted by Gasteiger charge is 2.50. The number of terminal acetylenes is 1. The molecule has 2 amide bonds. The molecule has 8 nitrogen and oxygen atoms in total. The number of amides is 2. The average Bonchev–Trinajstić information content (AvgIpc) is 3.07. The molecule has 0 aromatic carbocycles. The molecular formula is C24H32N4O4. The molecule has 1 spiro atoms. The van der Waals surface area contributed by atoms with Gasteiger partial charge in [0.15, 0.2) is 0 Å². The standard InChI is InChI=1S/C24H32N4O4/c1-3-11-28(23(31)32)19-14-17(2)21(25-15-19)26-12-4-9-24(16-26)10-13-27(22(24)30)18-5-7-20(29)8-6-18/h1,14-15,18,20,29H,4-13,16H2,2H3,(H,31,32)/t18?,20?,24-/m0/s1. The largest absolute Gasteiger partial charge is 0.465 e. The summed E-state index contributed by atoms with van der Waals surface area (Å²) in [6.07, 6.45) is 11.5. The molecule has 3 fully saturated rings. The molecule has 1 aromatic rings. The Labute approximate surface area is 189 Å². The monoisotopic (exact) mass is 440 g/mol. The molecule has 3 aliphatic rings. The number of piperidine rings is 1. The maximum absolute atomic E-state index is 13.5. The Morgan fingerprint density at radius 3 is 2.72 bits per heavy atom. The van der Waals surface area contributed by atoms with Crippen molar-refractivity contribution in [2.24, 2.45) is 5.41 Å². The second-order valence-electron chi connectivity index (χ2n) is 9.42. The van der Waals surface area contributed by atoms with E-state index in [1.54, 1.807) is 12.3 Å². The molecule has 0 unspecified atom stereocenters. The minimum Gasteiger partial charge on any atom is -0.465 e. The number of rotatable bonds is 4. The van der Waals surface area contributed by atoms with Crippen LogP contribution in [0.4, 0.5) is 16.3 Å². The first-order chi connectivity index (χ1) is 15.3. The van der Waals surface area contributed by atoms with Crippen molar-refractivity contribution >= 4 is 23.5 Å². The van der Waals surface area contributed by atoms with Crippen molar-refractivity contribution in [3.63, 3.8) is 0 Å². The number of carbonyl (C=O) groups excluding carboxylic acids is 1. The van der Waals surface area contributed by atoms with Gasteiger partial charge in [-0.25, -0.2) is 9.78 Å². The highest BCUT2D eigenvalue weighted by molar-refractivity contribution is 5.87. The minimum atomic E-state index is -1.11. The van der Waals surface area contributed by atoms with Crippen LogP contribution in [0.3, 0.4) is 0 Å². The third-order valence-corrected chi connectivity index (χ3v) is 7.36. The lowest BCUT2D eigenvalue weighted by Gasteiger charge is -2.41. The van der Waals surface area contributed by atoms with Crippen LogP contribution < -0.4 is 9.80 Å². The summed E-state index contributed by atoms with van der Waals surface area (Å²) < 4.78 is 0. The Kier molecular flexibility index (Phi) is 6.29. The van der Waals surface area contributed by atoms with Crippen LogP contribution in [0, 0.1) is 24.7 Å². The Morgan fingerprint density at radius 2 is 2.06 bits per heavy atom. The number of hydrogen-bond donors (Lipinski definition) is 2. The molecule has 3 heterocycles. The summed E-state index contributed by atoms with van der Waals surface area (Å²) in [7, 11) is 0. The summed E-state index contributed by atoms with van der Waals surface area (Å²) in [5.74, 6) is 3.42. The quantitative estimate of drug-likeness (QED) is 0.699. The van der Waals surface area contributed by atoms with Gasteiger partial charge in [0.05, 0.1) is 29.9 Å². The zero-order chi connectivity index (χ0) is 22.9. The molecule has 2 aliphatic heterocycles. The van der Waals surface area contributed by atoms with E-state index >= 15 is 0 Å². The van der Waals surface area contributed by atoms with Crippen LogP contribution in [-0.2, 0) is 4.79 Å². The smallest absolute Gasteiger partial charge is 0.412 e. The first-order valence-corrected chi connectivity index (χ1v) is 11.5. The molecule has 172 valence electrons. The first-order valence-electron chi connectivity index (χ1n) is 11.5. The number of nitrogens with zero attached hydrogens (tertiary/aromatic N) is 4. The van der Waals surface area contributed by atoms with Crippen LogP contribution in [0.5, 0.6) is 0 Å². The fourth-order valence-electron chi connectivity index (χ4n) is 5.65. The van der Waals surface area contributed by atoms with Gasteiger partial charge in [-0.2, -0.15) is 0 Å². The number of aryl methyl sites for hydroxylation is 1. The number of pyridine rings is 1. The average molecular weight is 441 g/mol. The molecule has 8 heteroatoms. The van der Waals surface area contributed by atoms with Gasteiger partial charge in [0.2, 0.25) is 5.91 Å². The predicted octanol–water partition coefficient (Wildman–Crippen LogP) is 2.63. The summed E-state index contributed by atoms with van der Waals surface area (Å²) in [5.41, 5.74) is 0.940. The van der Waals surface area contributed by atoms with Gasteiger partial charge in [-0.1, -0.05) is 5.92 Å². The lowest BCUT2D eigenvalue weighted by molar-refractivity contribution is -0.139. The van der Waals surface area contributed by atoms with E-state index in [4.69, 9.17) is 6.42 Å². The maximum Gasteiger partial charge on any atom is 0.412 e. The van der Waals surface area contributed by atoms with Crippen LogP contribution in [0.2, 0.25) is 0 Å². The number of aliphatic hydroxyl groups is 1.